The van der Waals surface area contributed by atoms with E-state index in [1.54, 1.807) is 42.5 Å². The van der Waals surface area contributed by atoms with E-state index in [0.717, 1.165) is 0 Å². The highest BCUT2D eigenvalue weighted by atomic mass is 16.4. The Hall–Kier alpha value is -3.57. The fourth-order valence-corrected chi connectivity index (χ4v) is 2.42. The second-order valence-electron chi connectivity index (χ2n) is 5.08. The third kappa shape index (κ3) is 2.97. The molecule has 0 bridgehead atoms. The second kappa shape index (κ2) is 6.28. The zero-order chi connectivity index (χ0) is 17.1. The van der Waals surface area contributed by atoms with Gasteiger partial charge in [-0.3, -0.25) is 9.59 Å². The molecule has 3 aromatic rings. The molecule has 24 heavy (non-hydrogen) atoms. The predicted octanol–water partition coefficient (Wildman–Crippen LogP) is 4.03. The fourth-order valence-electron chi connectivity index (χ4n) is 2.42. The number of carbonyl (C=O) groups is 1. The maximum Gasteiger partial charge on any atom is 0.307 e. The Morgan fingerprint density at radius 3 is 2.62 bits per heavy atom. The molecule has 7 nitrogen and oxygen atoms in total. The first-order valence-corrected chi connectivity index (χ1v) is 7.01. The van der Waals surface area contributed by atoms with Gasteiger partial charge >= 0.3 is 5.97 Å². The number of para-hydroxylation sites is 1. The first-order chi connectivity index (χ1) is 11.6. The highest BCUT2D eigenvalue weighted by Crippen LogP contribution is 2.26. The minimum Gasteiger partial charge on any atom is -0.481 e. The number of benzene rings is 2. The van der Waals surface area contributed by atoms with E-state index in [2.05, 4.69) is 10.0 Å². The number of aliphatic carboxylic acids is 1. The number of hydrogen-bond acceptors (Lipinski definition) is 4. The van der Waals surface area contributed by atoms with E-state index in [0.29, 0.717) is 28.0 Å². The minimum absolute atomic E-state index is 0.237. The van der Waals surface area contributed by atoms with Crippen LogP contribution in [0.25, 0.3) is 32.7 Å². The van der Waals surface area contributed by atoms with Gasteiger partial charge in [0.2, 0.25) is 0 Å². The molecular formula is C17H11N3O4. The molecule has 0 saturated heterocycles. The average molecular weight is 321 g/mol. The molecular weight excluding hydrogens is 310 g/mol. The highest BCUT2D eigenvalue weighted by Gasteiger charge is 2.12. The number of fused-ring (bicyclic) bond motifs is 1. The van der Waals surface area contributed by atoms with Crippen LogP contribution in [0.15, 0.2) is 62.9 Å². The molecule has 1 aromatic heterocycles. The maximum absolute atomic E-state index is 12.3. The SMILES string of the molecule is [N-]=[N+]=Nc1ccc(-c2cc(=O)c3cccc(CC(=O)O)c3o2)cc1. The number of rotatable bonds is 4. The van der Waals surface area contributed by atoms with Gasteiger partial charge < -0.3 is 9.52 Å². The summed E-state index contributed by atoms with van der Waals surface area (Å²) < 4.78 is 5.79. The van der Waals surface area contributed by atoms with Crippen LogP contribution in [-0.4, -0.2) is 11.1 Å². The van der Waals surface area contributed by atoms with Gasteiger partial charge in [0.05, 0.1) is 11.8 Å². The summed E-state index contributed by atoms with van der Waals surface area (Å²) in [5.41, 5.74) is 9.92. The summed E-state index contributed by atoms with van der Waals surface area (Å²) in [7, 11) is 0. The van der Waals surface area contributed by atoms with Crippen LogP contribution in [0.2, 0.25) is 0 Å². The van der Waals surface area contributed by atoms with E-state index in [-0.39, 0.29) is 17.4 Å². The van der Waals surface area contributed by atoms with Crippen molar-refractivity contribution in [2.75, 3.05) is 0 Å². The van der Waals surface area contributed by atoms with Gasteiger partial charge in [0.1, 0.15) is 11.3 Å². The van der Waals surface area contributed by atoms with Gasteiger partial charge in [-0.05, 0) is 11.6 Å². The summed E-state index contributed by atoms with van der Waals surface area (Å²) in [5.74, 6) is -0.688. The monoisotopic (exact) mass is 321 g/mol. The molecule has 0 aliphatic carbocycles. The Labute approximate surface area is 135 Å². The molecule has 0 unspecified atom stereocenters. The average Bonchev–Trinajstić information content (AvgIpc) is 2.56. The number of hydrogen-bond donors (Lipinski definition) is 1. The third-order valence-electron chi connectivity index (χ3n) is 3.49. The summed E-state index contributed by atoms with van der Waals surface area (Å²) in [5, 5.41) is 12.8. The number of azide groups is 1. The number of nitrogens with zero attached hydrogens (tertiary/aromatic N) is 3. The molecule has 7 heteroatoms. The summed E-state index contributed by atoms with van der Waals surface area (Å²) in [6.45, 7) is 0. The van der Waals surface area contributed by atoms with Crippen LogP contribution >= 0.6 is 0 Å². The summed E-state index contributed by atoms with van der Waals surface area (Å²) in [6.07, 6.45) is -0.237. The van der Waals surface area contributed by atoms with E-state index >= 15 is 0 Å². The largest absolute Gasteiger partial charge is 0.481 e. The molecule has 2 aromatic carbocycles. The minimum atomic E-state index is -1.01. The van der Waals surface area contributed by atoms with Crippen molar-refractivity contribution in [3.05, 3.63) is 74.8 Å². The topological polar surface area (TPSA) is 116 Å². The zero-order valence-electron chi connectivity index (χ0n) is 12.3. The molecule has 0 saturated carbocycles. The normalized spacial score (nSPS) is 10.3. The predicted molar refractivity (Wildman–Crippen MR) is 88.1 cm³/mol. The lowest BCUT2D eigenvalue weighted by molar-refractivity contribution is -0.136. The number of carboxylic acid groups (broad SMARTS) is 1. The Kier molecular flexibility index (Phi) is 4.01. The van der Waals surface area contributed by atoms with Gasteiger partial charge in [-0.1, -0.05) is 41.5 Å². The highest BCUT2D eigenvalue weighted by molar-refractivity contribution is 5.85. The van der Waals surface area contributed by atoms with E-state index in [1.165, 1.54) is 6.07 Å². The Bertz CT molecular complexity index is 1030. The van der Waals surface area contributed by atoms with Crippen molar-refractivity contribution in [1.82, 2.24) is 0 Å². The van der Waals surface area contributed by atoms with Gasteiger partial charge in [-0.2, -0.15) is 0 Å². The Balaban J connectivity index is 2.17. The zero-order valence-corrected chi connectivity index (χ0v) is 12.3. The quantitative estimate of drug-likeness (QED) is 0.443. The van der Waals surface area contributed by atoms with E-state index in [4.69, 9.17) is 15.1 Å². The first kappa shape index (κ1) is 15.3. The van der Waals surface area contributed by atoms with Crippen molar-refractivity contribution in [3.63, 3.8) is 0 Å². The molecule has 1 N–H and O–H groups in total. The fraction of sp³-hybridized carbons (Fsp3) is 0.0588. The molecule has 118 valence electrons. The molecule has 3 rings (SSSR count). The van der Waals surface area contributed by atoms with Crippen LogP contribution in [0.5, 0.6) is 0 Å². The van der Waals surface area contributed by atoms with Crippen molar-refractivity contribution in [3.8, 4) is 11.3 Å². The van der Waals surface area contributed by atoms with Crippen molar-refractivity contribution >= 4 is 22.6 Å². The summed E-state index contributed by atoms with van der Waals surface area (Å²) >= 11 is 0. The Morgan fingerprint density at radius 2 is 1.96 bits per heavy atom. The van der Waals surface area contributed by atoms with Gasteiger partial charge in [0.25, 0.3) is 0 Å². The van der Waals surface area contributed by atoms with Crippen LogP contribution in [0, 0.1) is 0 Å². The van der Waals surface area contributed by atoms with Crippen LogP contribution in [0.4, 0.5) is 5.69 Å². The lowest BCUT2D eigenvalue weighted by atomic mass is 10.1. The molecule has 0 aliphatic rings. The first-order valence-electron chi connectivity index (χ1n) is 7.01. The van der Waals surface area contributed by atoms with Crippen molar-refractivity contribution in [1.29, 1.82) is 0 Å². The van der Waals surface area contributed by atoms with Crippen LogP contribution in [-0.2, 0) is 11.2 Å². The molecule has 0 spiro atoms. The second-order valence-corrected chi connectivity index (χ2v) is 5.08. The van der Waals surface area contributed by atoms with Gasteiger partial charge in [-0.25, -0.2) is 0 Å². The van der Waals surface area contributed by atoms with Crippen LogP contribution in [0.1, 0.15) is 5.56 Å². The number of carboxylic acids is 1. The molecule has 1 heterocycles. The summed E-state index contributed by atoms with van der Waals surface area (Å²) in [4.78, 5) is 26.0. The Morgan fingerprint density at radius 1 is 1.21 bits per heavy atom. The lowest BCUT2D eigenvalue weighted by Crippen LogP contribution is -2.05. The van der Waals surface area contributed by atoms with E-state index in [9.17, 15) is 9.59 Å². The summed E-state index contributed by atoms with van der Waals surface area (Å²) in [6, 6.07) is 12.7. The van der Waals surface area contributed by atoms with Crippen LogP contribution in [0.3, 0.4) is 0 Å². The van der Waals surface area contributed by atoms with Gasteiger partial charge in [0.15, 0.2) is 5.43 Å². The van der Waals surface area contributed by atoms with Gasteiger partial charge in [0, 0.05) is 27.8 Å². The maximum atomic E-state index is 12.3. The molecule has 0 radical (unpaired) electrons. The molecule has 0 amide bonds. The smallest absolute Gasteiger partial charge is 0.307 e. The molecule has 0 fully saturated rings. The third-order valence-corrected chi connectivity index (χ3v) is 3.49. The van der Waals surface area contributed by atoms with Crippen LogP contribution < -0.4 is 5.43 Å². The van der Waals surface area contributed by atoms with E-state index < -0.39 is 5.97 Å². The van der Waals surface area contributed by atoms with Crippen molar-refractivity contribution in [2.45, 2.75) is 6.42 Å². The lowest BCUT2D eigenvalue weighted by Gasteiger charge is -2.06. The van der Waals surface area contributed by atoms with Crippen molar-refractivity contribution < 1.29 is 14.3 Å². The van der Waals surface area contributed by atoms with Crippen molar-refractivity contribution in [2.24, 2.45) is 5.11 Å². The van der Waals surface area contributed by atoms with E-state index in [1.807, 2.05) is 0 Å². The molecule has 0 atom stereocenters. The van der Waals surface area contributed by atoms with Gasteiger partial charge in [-0.15, -0.1) is 0 Å². The molecule has 0 aliphatic heterocycles. The standard InChI is InChI=1S/C17H11N3O4/c18-20-19-12-6-4-10(5-7-12)15-9-14(21)13-3-1-2-11(8-16(22)23)17(13)24-15/h1-7,9H,8H2,(H,22,23).